The number of nitrogens with one attached hydrogen (secondary N) is 1. The average Bonchev–Trinajstić information content (AvgIpc) is 3.09. The molecule has 1 saturated heterocycles. The van der Waals surface area contributed by atoms with Gasteiger partial charge in [-0.1, -0.05) is 35.9 Å². The third kappa shape index (κ3) is 2.90. The second-order valence-electron chi connectivity index (χ2n) is 7.66. The van der Waals surface area contributed by atoms with Crippen molar-refractivity contribution in [3.63, 3.8) is 0 Å². The van der Waals surface area contributed by atoms with Gasteiger partial charge in [-0.3, -0.25) is 0 Å². The van der Waals surface area contributed by atoms with Gasteiger partial charge in [0.15, 0.2) is 0 Å². The molecule has 0 saturated carbocycles. The van der Waals surface area contributed by atoms with Crippen LogP contribution >= 0.6 is 0 Å². The summed E-state index contributed by atoms with van der Waals surface area (Å²) in [6, 6.07) is 17.3. The lowest BCUT2D eigenvalue weighted by Gasteiger charge is -2.43. The third-order valence-corrected chi connectivity index (χ3v) is 5.90. The second-order valence-corrected chi connectivity index (χ2v) is 7.66. The fourth-order valence-electron chi connectivity index (χ4n) is 4.56. The van der Waals surface area contributed by atoms with Crippen LogP contribution in [0.2, 0.25) is 0 Å². The van der Waals surface area contributed by atoms with Gasteiger partial charge >= 0.3 is 0 Å². The molecule has 0 unspecified atom stereocenters. The van der Waals surface area contributed by atoms with Crippen LogP contribution in [0.25, 0.3) is 11.8 Å². The highest BCUT2D eigenvalue weighted by Gasteiger charge is 2.40. The summed E-state index contributed by atoms with van der Waals surface area (Å²) in [6.07, 6.45) is 7.39. The molecule has 1 atom stereocenters. The lowest BCUT2D eigenvalue weighted by molar-refractivity contribution is 0.286. The van der Waals surface area contributed by atoms with Gasteiger partial charge < -0.3 is 5.32 Å². The van der Waals surface area contributed by atoms with Crippen molar-refractivity contribution in [2.75, 3.05) is 13.1 Å². The largest absolute Gasteiger partial charge is 0.316 e. The van der Waals surface area contributed by atoms with Gasteiger partial charge in [-0.05, 0) is 67.3 Å². The first-order chi connectivity index (χ1) is 13.2. The van der Waals surface area contributed by atoms with E-state index in [1.807, 2.05) is 10.9 Å². The summed E-state index contributed by atoms with van der Waals surface area (Å²) in [7, 11) is 0. The molecule has 5 rings (SSSR count). The molecule has 136 valence electrons. The summed E-state index contributed by atoms with van der Waals surface area (Å²) in [5.74, 6) is -0.224. The summed E-state index contributed by atoms with van der Waals surface area (Å²) in [6.45, 7) is 2.01. The first kappa shape index (κ1) is 16.5. The van der Waals surface area contributed by atoms with Gasteiger partial charge in [-0.2, -0.15) is 5.10 Å². The number of hydrogen-bond donors (Lipinski definition) is 1. The number of halogens is 1. The highest BCUT2D eigenvalue weighted by molar-refractivity contribution is 5.61. The Morgan fingerprint density at radius 1 is 1.07 bits per heavy atom. The van der Waals surface area contributed by atoms with E-state index in [0.29, 0.717) is 0 Å². The molecule has 1 aliphatic carbocycles. The number of piperidine rings is 1. The van der Waals surface area contributed by atoms with E-state index in [1.165, 1.54) is 28.8 Å². The van der Waals surface area contributed by atoms with Crippen molar-refractivity contribution in [2.45, 2.75) is 19.3 Å². The van der Waals surface area contributed by atoms with Crippen molar-refractivity contribution < 1.29 is 4.39 Å². The second kappa shape index (κ2) is 6.46. The fourth-order valence-corrected chi connectivity index (χ4v) is 4.56. The van der Waals surface area contributed by atoms with Crippen LogP contribution in [0, 0.1) is 11.2 Å². The molecule has 27 heavy (non-hydrogen) atoms. The van der Waals surface area contributed by atoms with Crippen molar-refractivity contribution in [1.82, 2.24) is 15.1 Å². The van der Waals surface area contributed by atoms with E-state index >= 15 is 0 Å². The zero-order chi connectivity index (χ0) is 18.3. The fraction of sp³-hybridized carbons (Fsp3) is 0.261. The number of rotatable bonds is 3. The zero-order valence-corrected chi connectivity index (χ0v) is 15.2. The number of hydrogen-bond acceptors (Lipinski definition) is 2. The van der Waals surface area contributed by atoms with Crippen LogP contribution < -0.4 is 5.32 Å². The van der Waals surface area contributed by atoms with Gasteiger partial charge in [0.25, 0.3) is 0 Å². The molecule has 0 spiro atoms. The van der Waals surface area contributed by atoms with Crippen LogP contribution in [0.15, 0.2) is 66.4 Å². The smallest absolute Gasteiger partial charge is 0.123 e. The predicted molar refractivity (Wildman–Crippen MR) is 105 cm³/mol. The molecule has 3 nitrogen and oxygen atoms in total. The summed E-state index contributed by atoms with van der Waals surface area (Å²) < 4.78 is 15.2. The molecule has 2 aliphatic rings. The highest BCUT2D eigenvalue weighted by atomic mass is 19.1. The molecule has 2 heterocycles. The van der Waals surface area contributed by atoms with Gasteiger partial charge in [0.1, 0.15) is 5.82 Å². The van der Waals surface area contributed by atoms with Crippen molar-refractivity contribution in [3.05, 3.63) is 89.0 Å². The third-order valence-electron chi connectivity index (χ3n) is 5.90. The topological polar surface area (TPSA) is 29.9 Å². The Kier molecular flexibility index (Phi) is 3.94. The van der Waals surface area contributed by atoms with Gasteiger partial charge in [0.05, 0.1) is 17.6 Å². The highest BCUT2D eigenvalue weighted by Crippen LogP contribution is 2.44. The number of aromatic nitrogens is 2. The first-order valence-electron chi connectivity index (χ1n) is 9.52. The average molecular weight is 359 g/mol. The molecule has 0 amide bonds. The van der Waals surface area contributed by atoms with Crippen LogP contribution in [-0.2, 0) is 12.8 Å². The molecule has 1 fully saturated rings. The quantitative estimate of drug-likeness (QED) is 0.761. The van der Waals surface area contributed by atoms with E-state index in [9.17, 15) is 4.39 Å². The van der Waals surface area contributed by atoms with Crippen LogP contribution in [0.4, 0.5) is 4.39 Å². The molecule has 4 heteroatoms. The lowest BCUT2D eigenvalue weighted by atomic mass is 9.66. The molecule has 0 bridgehead atoms. The van der Waals surface area contributed by atoms with Gasteiger partial charge in [-0.15, -0.1) is 0 Å². The summed E-state index contributed by atoms with van der Waals surface area (Å²) in [5.41, 5.74) is 6.30. The number of fused-ring (bicyclic) bond motifs is 2. The van der Waals surface area contributed by atoms with Crippen molar-refractivity contribution in [3.8, 4) is 5.69 Å². The Morgan fingerprint density at radius 3 is 2.70 bits per heavy atom. The number of nitrogens with zero attached hydrogens (tertiary/aromatic N) is 2. The molecule has 1 aromatic heterocycles. The normalized spacial score (nSPS) is 21.3. The van der Waals surface area contributed by atoms with E-state index in [-0.39, 0.29) is 11.2 Å². The van der Waals surface area contributed by atoms with Crippen molar-refractivity contribution >= 4 is 6.08 Å². The maximum atomic E-state index is 13.3. The first-order valence-corrected chi connectivity index (χ1v) is 9.52. The van der Waals surface area contributed by atoms with E-state index in [4.69, 9.17) is 0 Å². The monoisotopic (exact) mass is 359 g/mol. The van der Waals surface area contributed by atoms with Crippen LogP contribution in [0.1, 0.15) is 23.2 Å². The zero-order valence-electron chi connectivity index (χ0n) is 15.2. The Labute approximate surface area is 158 Å². The summed E-state index contributed by atoms with van der Waals surface area (Å²) in [5, 5.41) is 8.23. The minimum absolute atomic E-state index is 0.114. The maximum Gasteiger partial charge on any atom is 0.123 e. The SMILES string of the molecule is Fc1ccc(-n2ncc3c2C=C2CCNC[C@@]2(Cc2ccccc2)C3)cc1. The summed E-state index contributed by atoms with van der Waals surface area (Å²) in [4.78, 5) is 0. The van der Waals surface area contributed by atoms with Gasteiger partial charge in [0.2, 0.25) is 0 Å². The standard InChI is InChI=1S/C23H22FN3/c24-20-6-8-21(9-7-20)27-22-12-19-10-11-25-16-23(19,14-18(22)15-26-27)13-17-4-2-1-3-5-17/h1-9,12,15,25H,10-11,13-14,16H2/t23-/m1/s1. The minimum Gasteiger partial charge on any atom is -0.316 e. The lowest BCUT2D eigenvalue weighted by Crippen LogP contribution is -2.46. The van der Waals surface area contributed by atoms with Crippen molar-refractivity contribution in [1.29, 1.82) is 0 Å². The predicted octanol–water partition coefficient (Wildman–Crippen LogP) is 4.17. The van der Waals surface area contributed by atoms with Gasteiger partial charge in [0, 0.05) is 12.0 Å². The summed E-state index contributed by atoms with van der Waals surface area (Å²) >= 11 is 0. The van der Waals surface area contributed by atoms with E-state index in [0.717, 1.165) is 43.7 Å². The van der Waals surface area contributed by atoms with E-state index < -0.39 is 0 Å². The molecular weight excluding hydrogens is 337 g/mol. The van der Waals surface area contributed by atoms with Crippen LogP contribution in [0.3, 0.4) is 0 Å². The van der Waals surface area contributed by atoms with E-state index in [2.05, 4.69) is 46.8 Å². The van der Waals surface area contributed by atoms with Crippen LogP contribution in [-0.4, -0.2) is 22.9 Å². The molecule has 0 radical (unpaired) electrons. The molecule has 3 aromatic rings. The Balaban J connectivity index is 1.55. The Hall–Kier alpha value is -2.72. The molecule has 1 aliphatic heterocycles. The maximum absolute atomic E-state index is 13.3. The minimum atomic E-state index is -0.224. The molecule has 2 aromatic carbocycles. The Bertz CT molecular complexity index is 988. The molecule has 1 N–H and O–H groups in total. The van der Waals surface area contributed by atoms with Gasteiger partial charge in [-0.25, -0.2) is 9.07 Å². The number of benzene rings is 2. The van der Waals surface area contributed by atoms with Crippen LogP contribution in [0.5, 0.6) is 0 Å². The van der Waals surface area contributed by atoms with E-state index in [1.54, 1.807) is 12.1 Å². The molecular formula is C23H22FN3. The van der Waals surface area contributed by atoms with Crippen molar-refractivity contribution in [2.24, 2.45) is 5.41 Å². The Morgan fingerprint density at radius 2 is 1.89 bits per heavy atom.